The first-order valence-corrected chi connectivity index (χ1v) is 22.4. The molecular weight excluding hydrogens is 809 g/mol. The van der Waals surface area contributed by atoms with E-state index in [9.17, 15) is 0 Å². The van der Waals surface area contributed by atoms with E-state index in [1.54, 1.807) is 0 Å². The molecule has 0 spiro atoms. The molecule has 4 heteroatoms. The van der Waals surface area contributed by atoms with Crippen molar-refractivity contribution in [2.24, 2.45) is 0 Å². The number of hydrogen-bond donors (Lipinski definition) is 0. The Morgan fingerprint density at radius 3 is 1.24 bits per heavy atom. The van der Waals surface area contributed by atoms with Crippen molar-refractivity contribution < 1.29 is 17.7 Å². The molecule has 0 radical (unpaired) electrons. The van der Waals surface area contributed by atoms with Crippen LogP contribution in [0.1, 0.15) is 0 Å². The van der Waals surface area contributed by atoms with Crippen molar-refractivity contribution in [2.45, 2.75) is 0 Å². The molecule has 0 saturated carbocycles. The molecule has 11 aromatic carbocycles. The van der Waals surface area contributed by atoms with E-state index in [0.29, 0.717) is 0 Å². The van der Waals surface area contributed by atoms with Crippen molar-refractivity contribution in [3.63, 3.8) is 0 Å². The first-order valence-electron chi connectivity index (χ1n) is 22.4. The molecule has 15 rings (SSSR count). The van der Waals surface area contributed by atoms with Crippen LogP contribution in [0.15, 0.2) is 224 Å². The van der Waals surface area contributed by atoms with Crippen molar-refractivity contribution in [1.82, 2.24) is 0 Å². The van der Waals surface area contributed by atoms with Crippen molar-refractivity contribution in [3.8, 4) is 44.5 Å². The van der Waals surface area contributed by atoms with Crippen LogP contribution >= 0.6 is 0 Å². The maximum absolute atomic E-state index is 7.05. The molecule has 0 bridgehead atoms. The molecule has 15 aromatic rings. The first kappa shape index (κ1) is 35.6. The first-order chi connectivity index (χ1) is 32.7. The van der Waals surface area contributed by atoms with Crippen LogP contribution in [-0.4, -0.2) is 0 Å². The molecule has 0 atom stereocenters. The van der Waals surface area contributed by atoms with Crippen LogP contribution in [0.4, 0.5) is 0 Å². The predicted molar refractivity (Wildman–Crippen MR) is 272 cm³/mol. The fraction of sp³-hybridized carbons (Fsp3) is 0. The summed E-state index contributed by atoms with van der Waals surface area (Å²) in [5, 5.41) is 13.3. The van der Waals surface area contributed by atoms with Crippen LogP contribution in [0, 0.1) is 0 Å². The van der Waals surface area contributed by atoms with Crippen LogP contribution in [0.3, 0.4) is 0 Å². The Kier molecular flexibility index (Phi) is 7.19. The number of hydrogen-bond acceptors (Lipinski definition) is 4. The molecule has 0 N–H and O–H groups in total. The van der Waals surface area contributed by atoms with Crippen LogP contribution in [0.5, 0.6) is 0 Å². The van der Waals surface area contributed by atoms with Gasteiger partial charge in [-0.15, -0.1) is 0 Å². The minimum atomic E-state index is 0.852. The molecule has 4 heterocycles. The fourth-order valence-electron chi connectivity index (χ4n) is 11.1. The topological polar surface area (TPSA) is 52.6 Å². The van der Waals surface area contributed by atoms with E-state index >= 15 is 0 Å². The summed E-state index contributed by atoms with van der Waals surface area (Å²) in [6.45, 7) is 0. The third kappa shape index (κ3) is 4.87. The van der Waals surface area contributed by atoms with Gasteiger partial charge in [0.15, 0.2) is 0 Å². The molecule has 306 valence electrons. The van der Waals surface area contributed by atoms with Gasteiger partial charge in [-0.05, 0) is 104 Å². The number of para-hydroxylation sites is 4. The van der Waals surface area contributed by atoms with Crippen LogP contribution in [-0.2, 0) is 0 Å². The van der Waals surface area contributed by atoms with E-state index in [1.807, 2.05) is 24.3 Å². The summed E-state index contributed by atoms with van der Waals surface area (Å²) >= 11 is 0. The molecular formula is C62H34O4. The van der Waals surface area contributed by atoms with Crippen molar-refractivity contribution >= 4 is 109 Å². The average Bonchev–Trinajstić information content (AvgIpc) is 4.16. The average molecular weight is 843 g/mol. The van der Waals surface area contributed by atoms with E-state index in [0.717, 1.165) is 148 Å². The van der Waals surface area contributed by atoms with Crippen LogP contribution in [0.2, 0.25) is 0 Å². The third-order valence-corrected chi connectivity index (χ3v) is 13.9. The number of fused-ring (bicyclic) bond motifs is 14. The van der Waals surface area contributed by atoms with Crippen LogP contribution < -0.4 is 0 Å². The Morgan fingerprint density at radius 1 is 0.212 bits per heavy atom. The Balaban J connectivity index is 1.01. The van der Waals surface area contributed by atoms with Gasteiger partial charge in [-0.3, -0.25) is 0 Å². The molecule has 0 unspecified atom stereocenters. The van der Waals surface area contributed by atoms with Crippen molar-refractivity contribution in [2.75, 3.05) is 0 Å². The van der Waals surface area contributed by atoms with Crippen LogP contribution in [0.25, 0.3) is 154 Å². The smallest absolute Gasteiger partial charge is 0.143 e. The monoisotopic (exact) mass is 842 g/mol. The second-order valence-electron chi connectivity index (χ2n) is 17.4. The molecule has 4 nitrogen and oxygen atoms in total. The molecule has 0 aliphatic carbocycles. The second kappa shape index (κ2) is 13.3. The number of rotatable bonds is 4. The molecule has 0 aliphatic heterocycles. The highest BCUT2D eigenvalue weighted by molar-refractivity contribution is 6.29. The lowest BCUT2D eigenvalue weighted by molar-refractivity contribution is 0.668. The van der Waals surface area contributed by atoms with Gasteiger partial charge in [0.25, 0.3) is 0 Å². The van der Waals surface area contributed by atoms with Gasteiger partial charge in [0.1, 0.15) is 44.7 Å². The maximum Gasteiger partial charge on any atom is 0.143 e. The zero-order valence-electron chi connectivity index (χ0n) is 35.3. The molecule has 0 aliphatic rings. The summed E-state index contributed by atoms with van der Waals surface area (Å²) in [5.41, 5.74) is 15.7. The maximum atomic E-state index is 7.05. The van der Waals surface area contributed by atoms with E-state index in [4.69, 9.17) is 17.7 Å². The van der Waals surface area contributed by atoms with Gasteiger partial charge < -0.3 is 17.7 Å². The largest absolute Gasteiger partial charge is 0.456 e. The minimum Gasteiger partial charge on any atom is -0.456 e. The van der Waals surface area contributed by atoms with Crippen molar-refractivity contribution in [1.29, 1.82) is 0 Å². The van der Waals surface area contributed by atoms with Gasteiger partial charge in [0.05, 0.1) is 0 Å². The molecule has 0 fully saturated rings. The van der Waals surface area contributed by atoms with E-state index in [2.05, 4.69) is 182 Å². The summed E-state index contributed by atoms with van der Waals surface area (Å²) in [6.07, 6.45) is 0. The van der Waals surface area contributed by atoms with E-state index < -0.39 is 0 Å². The summed E-state index contributed by atoms with van der Waals surface area (Å²) in [7, 11) is 0. The number of benzene rings is 11. The van der Waals surface area contributed by atoms with Gasteiger partial charge in [0.2, 0.25) is 0 Å². The molecule has 0 amide bonds. The van der Waals surface area contributed by atoms with Crippen molar-refractivity contribution in [3.05, 3.63) is 206 Å². The molecule has 0 saturated heterocycles. The lowest BCUT2D eigenvalue weighted by Gasteiger charge is -2.19. The Morgan fingerprint density at radius 2 is 0.606 bits per heavy atom. The summed E-state index contributed by atoms with van der Waals surface area (Å²) in [4.78, 5) is 0. The zero-order chi connectivity index (χ0) is 43.0. The predicted octanol–water partition coefficient (Wildman–Crippen LogP) is 18.3. The fourth-order valence-corrected chi connectivity index (χ4v) is 11.1. The number of furan rings is 4. The van der Waals surface area contributed by atoms with Gasteiger partial charge in [-0.1, -0.05) is 152 Å². The normalized spacial score (nSPS) is 12.2. The third-order valence-electron chi connectivity index (χ3n) is 13.9. The summed E-state index contributed by atoms with van der Waals surface area (Å²) < 4.78 is 26.6. The standard InChI is InChI=1S/C62H34O4/c1-3-17-40-38(15-1)56(47-31-29-36(61-60(47)46-21-8-12-26-53(46)65-61)35-28-33-54-49(34-35)37-14-5-9-23-50(37)63-54)39-16-2-4-18-41(39)57(40)48-32-30-43(59-45-20-7-11-25-52(45)66-62(48)59)42-22-13-27-55-58(42)44-19-6-10-24-51(44)64-55/h1-34H. The second-order valence-corrected chi connectivity index (χ2v) is 17.4. The Hall–Kier alpha value is -8.86. The van der Waals surface area contributed by atoms with E-state index in [-0.39, 0.29) is 0 Å². The van der Waals surface area contributed by atoms with Gasteiger partial charge in [0, 0.05) is 59.8 Å². The van der Waals surface area contributed by atoms with Gasteiger partial charge in [-0.25, -0.2) is 0 Å². The van der Waals surface area contributed by atoms with Gasteiger partial charge >= 0.3 is 0 Å². The zero-order valence-corrected chi connectivity index (χ0v) is 35.3. The highest BCUT2D eigenvalue weighted by atomic mass is 16.3. The lowest BCUT2D eigenvalue weighted by Crippen LogP contribution is -1.93. The summed E-state index contributed by atoms with van der Waals surface area (Å²) in [6, 6.07) is 73.0. The van der Waals surface area contributed by atoms with Gasteiger partial charge in [-0.2, -0.15) is 0 Å². The summed E-state index contributed by atoms with van der Waals surface area (Å²) in [5.74, 6) is 0. The molecule has 4 aromatic heterocycles. The van der Waals surface area contributed by atoms with E-state index in [1.165, 1.54) is 5.56 Å². The Labute approximate surface area is 376 Å². The minimum absolute atomic E-state index is 0.852. The lowest BCUT2D eigenvalue weighted by atomic mass is 9.83. The Bertz CT molecular complexity index is 4480. The quantitative estimate of drug-likeness (QED) is 0.166. The SMILES string of the molecule is c1ccc2c(c1)oc1ccc(-c3ccc(-c4c5ccccc5c(-c5ccc(-c6cccc7oc8ccccc8c67)c6c5oc5ccccc56)c5ccccc45)c4c3oc3ccccc34)cc12. The highest BCUT2D eigenvalue weighted by Crippen LogP contribution is 2.52. The molecule has 66 heavy (non-hydrogen) atoms. The highest BCUT2D eigenvalue weighted by Gasteiger charge is 2.26.